The third-order valence-electron chi connectivity index (χ3n) is 12.8. The van der Waals surface area contributed by atoms with E-state index in [1.807, 2.05) is 0 Å². The van der Waals surface area contributed by atoms with Crippen molar-refractivity contribution in [1.82, 2.24) is 0 Å². The van der Waals surface area contributed by atoms with Crippen LogP contribution in [0.15, 0.2) is 48.6 Å². The average molecular weight is 940 g/mol. The van der Waals surface area contributed by atoms with E-state index in [2.05, 4.69) is 69.4 Å². The van der Waals surface area contributed by atoms with Gasteiger partial charge in [0.05, 0.1) is 0 Å². The SMILES string of the molecule is CCCCC/C=C\C/C=C\C/C=C\C/C=C\CCCCCC(=O)OC[C@@H](COC(=O)CCCCCCCCCCCCCCC)OC(=O)CCCCCCCCCCCCCCCCCCC. The van der Waals surface area contributed by atoms with Crippen LogP contribution < -0.4 is 0 Å². The number of esters is 3. The Morgan fingerprint density at radius 3 is 0.866 bits per heavy atom. The highest BCUT2D eigenvalue weighted by molar-refractivity contribution is 5.71. The first-order valence-electron chi connectivity index (χ1n) is 29.1. The molecule has 0 aromatic heterocycles. The zero-order valence-electron chi connectivity index (χ0n) is 44.7. The lowest BCUT2D eigenvalue weighted by Gasteiger charge is -2.18. The Morgan fingerprint density at radius 2 is 0.537 bits per heavy atom. The van der Waals surface area contributed by atoms with E-state index in [9.17, 15) is 14.4 Å². The van der Waals surface area contributed by atoms with Crippen molar-refractivity contribution in [3.8, 4) is 0 Å². The summed E-state index contributed by atoms with van der Waals surface area (Å²) in [6.45, 7) is 6.62. The van der Waals surface area contributed by atoms with Crippen molar-refractivity contribution < 1.29 is 28.6 Å². The summed E-state index contributed by atoms with van der Waals surface area (Å²) in [4.78, 5) is 38.1. The summed E-state index contributed by atoms with van der Waals surface area (Å²) in [5.74, 6) is -0.894. The molecule has 0 heterocycles. The molecule has 0 aromatic carbocycles. The fraction of sp³-hybridized carbons (Fsp3) is 0.820. The molecule has 0 fully saturated rings. The van der Waals surface area contributed by atoms with E-state index >= 15 is 0 Å². The van der Waals surface area contributed by atoms with Gasteiger partial charge in [0.25, 0.3) is 0 Å². The van der Waals surface area contributed by atoms with Crippen LogP contribution in [0.3, 0.4) is 0 Å². The fourth-order valence-corrected chi connectivity index (χ4v) is 8.43. The number of allylic oxidation sites excluding steroid dienone is 8. The zero-order chi connectivity index (χ0) is 48.6. The number of unbranched alkanes of at least 4 members (excludes halogenated alkanes) is 34. The molecule has 0 amide bonds. The monoisotopic (exact) mass is 939 g/mol. The van der Waals surface area contributed by atoms with Gasteiger partial charge >= 0.3 is 17.9 Å². The van der Waals surface area contributed by atoms with Crippen molar-refractivity contribution in [2.24, 2.45) is 0 Å². The van der Waals surface area contributed by atoms with Crippen molar-refractivity contribution >= 4 is 17.9 Å². The van der Waals surface area contributed by atoms with Crippen LogP contribution in [0.25, 0.3) is 0 Å². The molecule has 6 heteroatoms. The summed E-state index contributed by atoms with van der Waals surface area (Å²) in [7, 11) is 0. The summed E-state index contributed by atoms with van der Waals surface area (Å²) in [6.07, 6.45) is 68.1. The van der Waals surface area contributed by atoms with Crippen molar-refractivity contribution in [3.05, 3.63) is 48.6 Å². The van der Waals surface area contributed by atoms with E-state index in [1.54, 1.807) is 0 Å². The van der Waals surface area contributed by atoms with E-state index < -0.39 is 6.10 Å². The molecular formula is C61H110O6. The van der Waals surface area contributed by atoms with Crippen LogP contribution in [0.1, 0.15) is 303 Å². The Balaban J connectivity index is 4.39. The number of ether oxygens (including phenoxy) is 3. The van der Waals surface area contributed by atoms with Crippen molar-refractivity contribution in [2.75, 3.05) is 13.2 Å². The maximum atomic E-state index is 12.9. The molecule has 1 atom stereocenters. The van der Waals surface area contributed by atoms with Crippen LogP contribution in [-0.2, 0) is 28.6 Å². The predicted octanol–water partition coefficient (Wildman–Crippen LogP) is 19.4. The Kier molecular flexibility index (Phi) is 53.8. The molecule has 0 aliphatic rings. The maximum Gasteiger partial charge on any atom is 0.306 e. The third-order valence-corrected chi connectivity index (χ3v) is 12.8. The second-order valence-electron chi connectivity index (χ2n) is 19.6. The molecule has 0 spiro atoms. The third kappa shape index (κ3) is 54.2. The lowest BCUT2D eigenvalue weighted by Crippen LogP contribution is -2.30. The van der Waals surface area contributed by atoms with Crippen LogP contribution in [0.5, 0.6) is 0 Å². The zero-order valence-corrected chi connectivity index (χ0v) is 44.7. The van der Waals surface area contributed by atoms with Gasteiger partial charge in [0.15, 0.2) is 6.10 Å². The Bertz CT molecular complexity index is 1170. The summed E-state index contributed by atoms with van der Waals surface area (Å²) in [5.41, 5.74) is 0. The largest absolute Gasteiger partial charge is 0.462 e. The standard InChI is InChI=1S/C61H110O6/c1-4-7-10-13-16-19-22-25-27-29-30-32-33-36-39-42-45-48-51-54-60(63)66-57-58(56-65-59(62)53-50-47-44-41-38-35-24-21-18-15-12-9-6-3)67-61(64)55-52-49-46-43-40-37-34-31-28-26-23-20-17-14-11-8-5-2/h16,19,25,27,30,32,36,39,58H,4-15,17-18,20-24,26,28-29,31,33-35,37-38,40-57H2,1-3H3/b19-16-,27-25-,32-30-,39-36-/t58-/m1/s1. The van der Waals surface area contributed by atoms with E-state index in [4.69, 9.17) is 14.2 Å². The summed E-state index contributed by atoms with van der Waals surface area (Å²) < 4.78 is 16.9. The first-order chi connectivity index (χ1) is 33.0. The van der Waals surface area contributed by atoms with E-state index in [0.29, 0.717) is 19.3 Å². The van der Waals surface area contributed by atoms with E-state index in [0.717, 1.165) is 83.5 Å². The number of hydrogen-bond acceptors (Lipinski definition) is 6. The predicted molar refractivity (Wildman–Crippen MR) is 289 cm³/mol. The van der Waals surface area contributed by atoms with Gasteiger partial charge in [-0.25, -0.2) is 0 Å². The topological polar surface area (TPSA) is 78.9 Å². The number of rotatable bonds is 53. The quantitative estimate of drug-likeness (QED) is 0.0262. The lowest BCUT2D eigenvalue weighted by molar-refractivity contribution is -0.167. The summed E-state index contributed by atoms with van der Waals surface area (Å²) in [6, 6.07) is 0. The molecule has 0 bridgehead atoms. The molecule has 0 saturated heterocycles. The highest BCUT2D eigenvalue weighted by Crippen LogP contribution is 2.17. The normalized spacial score (nSPS) is 12.3. The average Bonchev–Trinajstić information content (AvgIpc) is 3.33. The summed E-state index contributed by atoms with van der Waals surface area (Å²) in [5, 5.41) is 0. The van der Waals surface area contributed by atoms with Gasteiger partial charge in [-0.15, -0.1) is 0 Å². The molecule has 0 unspecified atom stereocenters. The van der Waals surface area contributed by atoms with Gasteiger partial charge in [-0.3, -0.25) is 14.4 Å². The van der Waals surface area contributed by atoms with Crippen molar-refractivity contribution in [3.63, 3.8) is 0 Å². The van der Waals surface area contributed by atoms with Crippen molar-refractivity contribution in [1.29, 1.82) is 0 Å². The molecule has 390 valence electrons. The molecule has 6 nitrogen and oxygen atoms in total. The van der Waals surface area contributed by atoms with Gasteiger partial charge in [-0.05, 0) is 64.2 Å². The highest BCUT2D eigenvalue weighted by Gasteiger charge is 2.19. The minimum absolute atomic E-state index is 0.0789. The molecule has 0 aromatic rings. The highest BCUT2D eigenvalue weighted by atomic mass is 16.6. The minimum Gasteiger partial charge on any atom is -0.462 e. The number of hydrogen-bond donors (Lipinski definition) is 0. The molecule has 0 aliphatic carbocycles. The van der Waals surface area contributed by atoms with Crippen molar-refractivity contribution in [2.45, 2.75) is 309 Å². The maximum absolute atomic E-state index is 12.9. The molecule has 0 radical (unpaired) electrons. The molecule has 0 rings (SSSR count). The second-order valence-corrected chi connectivity index (χ2v) is 19.6. The first-order valence-corrected chi connectivity index (χ1v) is 29.1. The smallest absolute Gasteiger partial charge is 0.306 e. The minimum atomic E-state index is -0.782. The van der Waals surface area contributed by atoms with Crippen LogP contribution in [0.4, 0.5) is 0 Å². The first kappa shape index (κ1) is 64.4. The molecule has 67 heavy (non-hydrogen) atoms. The van der Waals surface area contributed by atoms with Crippen LogP contribution in [-0.4, -0.2) is 37.2 Å². The van der Waals surface area contributed by atoms with Gasteiger partial charge in [-0.2, -0.15) is 0 Å². The van der Waals surface area contributed by atoms with E-state index in [1.165, 1.54) is 180 Å². The van der Waals surface area contributed by atoms with Crippen LogP contribution in [0, 0.1) is 0 Å². The number of carbonyl (C=O) groups is 3. The fourth-order valence-electron chi connectivity index (χ4n) is 8.43. The van der Waals surface area contributed by atoms with Gasteiger partial charge < -0.3 is 14.2 Å². The molecule has 0 aliphatic heterocycles. The summed E-state index contributed by atoms with van der Waals surface area (Å²) >= 11 is 0. The number of carbonyl (C=O) groups excluding carboxylic acids is 3. The second kappa shape index (κ2) is 56.0. The van der Waals surface area contributed by atoms with Gasteiger partial charge in [-0.1, -0.05) is 268 Å². The van der Waals surface area contributed by atoms with Gasteiger partial charge in [0, 0.05) is 19.3 Å². The lowest BCUT2D eigenvalue weighted by atomic mass is 10.0. The molecular weight excluding hydrogens is 829 g/mol. The molecule has 0 saturated carbocycles. The Morgan fingerprint density at radius 1 is 0.299 bits per heavy atom. The van der Waals surface area contributed by atoms with E-state index in [-0.39, 0.29) is 31.1 Å². The Hall–Kier alpha value is -2.63. The molecule has 0 N–H and O–H groups in total. The Labute approximate surface area is 416 Å². The van der Waals surface area contributed by atoms with Gasteiger partial charge in [0.1, 0.15) is 13.2 Å². The van der Waals surface area contributed by atoms with Crippen LogP contribution >= 0.6 is 0 Å². The van der Waals surface area contributed by atoms with Gasteiger partial charge in [0.2, 0.25) is 0 Å². The van der Waals surface area contributed by atoms with Crippen LogP contribution in [0.2, 0.25) is 0 Å².